The predicted octanol–water partition coefficient (Wildman–Crippen LogP) is 3.52. The van der Waals surface area contributed by atoms with Crippen LogP contribution in [0.3, 0.4) is 0 Å². The summed E-state index contributed by atoms with van der Waals surface area (Å²) < 4.78 is 0. The summed E-state index contributed by atoms with van der Waals surface area (Å²) in [6.45, 7) is 0.385. The number of rotatable bonds is 6. The van der Waals surface area contributed by atoms with Gasteiger partial charge in [0.05, 0.1) is 11.8 Å². The molecule has 2 atom stereocenters. The summed E-state index contributed by atoms with van der Waals surface area (Å²) >= 11 is 0. The van der Waals surface area contributed by atoms with E-state index in [0.717, 1.165) is 0 Å². The average Bonchev–Trinajstić information content (AvgIpc) is 2.98. The van der Waals surface area contributed by atoms with E-state index in [1.54, 1.807) is 0 Å². The molecular weight excluding hydrogens is 366 g/mol. The second-order valence-electron chi connectivity index (χ2n) is 8.30. The normalized spacial score (nSPS) is 26.3. The highest BCUT2D eigenvalue weighted by Gasteiger charge is 2.61. The van der Waals surface area contributed by atoms with Gasteiger partial charge in [-0.05, 0) is 35.1 Å². The zero-order valence-corrected chi connectivity index (χ0v) is 16.1. The number of benzene rings is 2. The Morgan fingerprint density at radius 1 is 0.759 bits per heavy atom. The molecule has 2 amide bonds. The van der Waals surface area contributed by atoms with E-state index in [9.17, 15) is 14.4 Å². The summed E-state index contributed by atoms with van der Waals surface area (Å²) in [5.74, 6) is -1.70. The summed E-state index contributed by atoms with van der Waals surface area (Å²) in [7, 11) is 0. The number of carbonyl (C=O) groups is 3. The van der Waals surface area contributed by atoms with Crippen molar-refractivity contribution in [3.63, 3.8) is 0 Å². The molecule has 29 heavy (non-hydrogen) atoms. The van der Waals surface area contributed by atoms with Crippen LogP contribution in [-0.4, -0.2) is 34.3 Å². The maximum atomic E-state index is 13.3. The molecule has 1 fully saturated rings. The first-order valence-electron chi connectivity index (χ1n) is 10.3. The van der Waals surface area contributed by atoms with Crippen molar-refractivity contribution in [3.8, 4) is 0 Å². The summed E-state index contributed by atoms with van der Waals surface area (Å²) in [6.07, 6.45) is 2.05. The number of carboxylic acid groups (broad SMARTS) is 1. The molecule has 1 aliphatic heterocycles. The molecule has 2 aromatic rings. The molecule has 5 nitrogen and oxygen atoms in total. The van der Waals surface area contributed by atoms with Gasteiger partial charge in [0.1, 0.15) is 0 Å². The fourth-order valence-electron chi connectivity index (χ4n) is 5.68. The summed E-state index contributed by atoms with van der Waals surface area (Å²) in [5, 5.41) is 8.77. The maximum absolute atomic E-state index is 13.3. The lowest BCUT2D eigenvalue weighted by Crippen LogP contribution is -2.41. The van der Waals surface area contributed by atoms with Gasteiger partial charge in [-0.3, -0.25) is 19.3 Å². The molecule has 0 saturated carbocycles. The Morgan fingerprint density at radius 3 is 1.62 bits per heavy atom. The number of hydrogen-bond acceptors (Lipinski definition) is 3. The van der Waals surface area contributed by atoms with Crippen LogP contribution in [0.5, 0.6) is 0 Å². The molecule has 1 N–H and O–H groups in total. The van der Waals surface area contributed by atoms with Gasteiger partial charge in [-0.15, -0.1) is 0 Å². The van der Waals surface area contributed by atoms with Gasteiger partial charge in [0.25, 0.3) is 0 Å². The molecule has 3 aliphatic carbocycles. The Bertz CT molecular complexity index is 898. The number of imide groups is 1. The molecule has 2 bridgehead atoms. The Morgan fingerprint density at radius 2 is 1.21 bits per heavy atom. The Kier molecular flexibility index (Phi) is 4.26. The molecule has 0 spiro atoms. The van der Waals surface area contributed by atoms with Crippen LogP contribution >= 0.6 is 0 Å². The van der Waals surface area contributed by atoms with E-state index in [2.05, 4.69) is 24.3 Å². The van der Waals surface area contributed by atoms with Crippen molar-refractivity contribution in [2.75, 3.05) is 6.54 Å². The van der Waals surface area contributed by atoms with Gasteiger partial charge >= 0.3 is 5.97 Å². The molecule has 4 aliphatic rings. The molecule has 2 aromatic carbocycles. The zero-order valence-electron chi connectivity index (χ0n) is 16.1. The Labute approximate surface area is 169 Å². The first kappa shape index (κ1) is 18.1. The Hall–Kier alpha value is -2.95. The minimum Gasteiger partial charge on any atom is -0.481 e. The van der Waals surface area contributed by atoms with Gasteiger partial charge < -0.3 is 5.11 Å². The van der Waals surface area contributed by atoms with Gasteiger partial charge in [-0.1, -0.05) is 55.0 Å². The van der Waals surface area contributed by atoms with E-state index >= 15 is 0 Å². The number of unbranched alkanes of at least 4 members (excludes halogenated alkanes) is 2. The van der Waals surface area contributed by atoms with Crippen LogP contribution in [0.1, 0.15) is 59.8 Å². The number of hydrogen-bond donors (Lipinski definition) is 1. The van der Waals surface area contributed by atoms with Crippen molar-refractivity contribution in [1.29, 1.82) is 0 Å². The highest BCUT2D eigenvalue weighted by Crippen LogP contribution is 2.60. The van der Waals surface area contributed by atoms with E-state index in [4.69, 9.17) is 5.11 Å². The first-order chi connectivity index (χ1) is 14.1. The molecule has 1 saturated heterocycles. The number of nitrogens with zero attached hydrogens (tertiary/aromatic N) is 1. The third kappa shape index (κ3) is 2.64. The lowest BCUT2D eigenvalue weighted by atomic mass is 9.55. The van der Waals surface area contributed by atoms with Crippen LogP contribution in [0, 0.1) is 11.8 Å². The van der Waals surface area contributed by atoms with Crippen LogP contribution in [0.4, 0.5) is 0 Å². The minimum absolute atomic E-state index is 0.0581. The minimum atomic E-state index is -0.809. The molecule has 5 heteroatoms. The van der Waals surface area contributed by atoms with Gasteiger partial charge in [0.15, 0.2) is 0 Å². The predicted molar refractivity (Wildman–Crippen MR) is 106 cm³/mol. The fourth-order valence-corrected chi connectivity index (χ4v) is 5.68. The molecule has 2 unspecified atom stereocenters. The SMILES string of the molecule is O=C(O)CCCCCN1C(=O)C2C3c4ccccc4C(c4ccccc43)C2C1=O. The fraction of sp³-hybridized carbons (Fsp3) is 0.375. The van der Waals surface area contributed by atoms with Crippen molar-refractivity contribution < 1.29 is 19.5 Å². The number of carbonyl (C=O) groups excluding carboxylic acids is 2. The molecular formula is C24H23NO4. The van der Waals surface area contributed by atoms with Gasteiger partial charge in [0.2, 0.25) is 11.8 Å². The van der Waals surface area contributed by atoms with Gasteiger partial charge in [0, 0.05) is 24.8 Å². The third-order valence-electron chi connectivity index (χ3n) is 6.81. The van der Waals surface area contributed by atoms with Crippen LogP contribution in [0.15, 0.2) is 48.5 Å². The second-order valence-corrected chi connectivity index (χ2v) is 8.30. The van der Waals surface area contributed by atoms with Crippen LogP contribution in [0.25, 0.3) is 0 Å². The second kappa shape index (κ2) is 6.83. The standard InChI is InChI=1S/C24H23NO4/c26-18(27)12-2-1-7-13-25-23(28)21-19-14-8-3-4-9-15(14)20(22(21)24(25)29)17-11-6-5-10-16(17)19/h3-6,8-11,19-22H,1-2,7,12-13H2,(H,26,27). The molecule has 0 aromatic heterocycles. The smallest absolute Gasteiger partial charge is 0.303 e. The highest BCUT2D eigenvalue weighted by molar-refractivity contribution is 6.07. The molecule has 148 valence electrons. The number of amides is 2. The Balaban J connectivity index is 1.46. The summed E-state index contributed by atoms with van der Waals surface area (Å²) in [6, 6.07) is 16.5. The lowest BCUT2D eigenvalue weighted by molar-refractivity contribution is -0.140. The topological polar surface area (TPSA) is 74.7 Å². The van der Waals surface area contributed by atoms with Crippen molar-refractivity contribution in [2.45, 2.75) is 37.5 Å². The quantitative estimate of drug-likeness (QED) is 0.606. The number of likely N-dealkylation sites (tertiary alicyclic amines) is 1. The first-order valence-corrected chi connectivity index (χ1v) is 10.3. The van der Waals surface area contributed by atoms with Crippen LogP contribution < -0.4 is 0 Å². The lowest BCUT2D eigenvalue weighted by Gasteiger charge is -2.45. The van der Waals surface area contributed by atoms with E-state index in [1.165, 1.54) is 27.2 Å². The van der Waals surface area contributed by atoms with Crippen LogP contribution in [0.2, 0.25) is 0 Å². The van der Waals surface area contributed by atoms with Crippen molar-refractivity contribution in [1.82, 2.24) is 4.90 Å². The number of carboxylic acids is 1. The summed E-state index contributed by atoms with van der Waals surface area (Å²) in [5.41, 5.74) is 4.73. The zero-order chi connectivity index (χ0) is 20.1. The maximum Gasteiger partial charge on any atom is 0.303 e. The van der Waals surface area contributed by atoms with Crippen LogP contribution in [-0.2, 0) is 14.4 Å². The number of aliphatic carboxylic acids is 1. The van der Waals surface area contributed by atoms with Crippen molar-refractivity contribution >= 4 is 17.8 Å². The van der Waals surface area contributed by atoms with E-state index < -0.39 is 5.97 Å². The van der Waals surface area contributed by atoms with Crippen molar-refractivity contribution in [3.05, 3.63) is 70.8 Å². The van der Waals surface area contributed by atoms with E-state index in [0.29, 0.717) is 25.8 Å². The van der Waals surface area contributed by atoms with Gasteiger partial charge in [-0.2, -0.15) is 0 Å². The van der Waals surface area contributed by atoms with Crippen molar-refractivity contribution in [2.24, 2.45) is 11.8 Å². The molecule has 6 rings (SSSR count). The third-order valence-corrected chi connectivity index (χ3v) is 6.81. The van der Waals surface area contributed by atoms with E-state index in [1.807, 2.05) is 24.3 Å². The molecule has 0 radical (unpaired) electrons. The largest absolute Gasteiger partial charge is 0.481 e. The monoisotopic (exact) mass is 389 g/mol. The van der Waals surface area contributed by atoms with Gasteiger partial charge in [-0.25, -0.2) is 0 Å². The molecule has 1 heterocycles. The van der Waals surface area contributed by atoms with E-state index in [-0.39, 0.29) is 41.9 Å². The summed E-state index contributed by atoms with van der Waals surface area (Å²) in [4.78, 5) is 38.8. The average molecular weight is 389 g/mol. The highest BCUT2D eigenvalue weighted by atomic mass is 16.4.